The molecule has 3 N–H and O–H groups in total. The third-order valence-electron chi connectivity index (χ3n) is 9.88. The number of allylic oxidation sites excluding steroid dienone is 12. The van der Waals surface area contributed by atoms with Crippen LogP contribution < -0.4 is 0 Å². The number of carbonyl (C=O) groups is 1. The first-order chi connectivity index (χ1) is 29.3. The summed E-state index contributed by atoms with van der Waals surface area (Å²) in [6.07, 6.45) is 55.7. The maximum absolute atomic E-state index is 12.7. The molecule has 3 atom stereocenters. The second kappa shape index (κ2) is 46.4. The van der Waals surface area contributed by atoms with E-state index in [1.54, 1.807) is 0 Å². The van der Waals surface area contributed by atoms with Crippen molar-refractivity contribution in [3.63, 3.8) is 0 Å². The number of rotatable bonds is 45. The Morgan fingerprint density at radius 2 is 0.950 bits per heavy atom. The molecule has 0 fully saturated rings. The molecule has 0 aromatic carbocycles. The number of ether oxygens (including phenoxy) is 2. The van der Waals surface area contributed by atoms with E-state index in [2.05, 4.69) is 86.8 Å². The van der Waals surface area contributed by atoms with Crippen LogP contribution in [0.5, 0.6) is 0 Å². The smallest absolute Gasteiger partial charge is 0.457 e. The molecule has 0 saturated heterocycles. The largest absolute Gasteiger partial charge is 0.472 e. The second-order valence-electron chi connectivity index (χ2n) is 15.7. The number of carbonyl (C=O) groups excluding carboxylic acids is 1. The van der Waals surface area contributed by atoms with Crippen molar-refractivity contribution in [3.05, 3.63) is 72.9 Å². The van der Waals surface area contributed by atoms with Gasteiger partial charge in [0.05, 0.1) is 26.4 Å². The molecule has 348 valence electrons. The van der Waals surface area contributed by atoms with Gasteiger partial charge in [0, 0.05) is 13.0 Å². The first-order valence-corrected chi connectivity index (χ1v) is 25.4. The van der Waals surface area contributed by atoms with Crippen molar-refractivity contribution in [2.75, 3.05) is 33.0 Å². The molecule has 0 spiro atoms. The summed E-state index contributed by atoms with van der Waals surface area (Å²) in [5, 5.41) is 18.4. The van der Waals surface area contributed by atoms with E-state index in [1.165, 1.54) is 83.5 Å². The Hall–Kier alpha value is -2.10. The first-order valence-electron chi connectivity index (χ1n) is 23.9. The van der Waals surface area contributed by atoms with E-state index in [-0.39, 0.29) is 19.6 Å². The normalized spacial score (nSPS) is 14.6. The molecule has 0 bridgehead atoms. The van der Waals surface area contributed by atoms with Gasteiger partial charge in [0.2, 0.25) is 0 Å². The van der Waals surface area contributed by atoms with Crippen LogP contribution in [0.1, 0.15) is 194 Å². The van der Waals surface area contributed by atoms with Gasteiger partial charge in [0.15, 0.2) is 0 Å². The Morgan fingerprint density at radius 3 is 1.43 bits per heavy atom. The molecule has 0 rings (SSSR count). The van der Waals surface area contributed by atoms with Crippen molar-refractivity contribution in [1.82, 2.24) is 0 Å². The zero-order valence-electron chi connectivity index (χ0n) is 38.2. The molecule has 0 radical (unpaired) electrons. The lowest BCUT2D eigenvalue weighted by Gasteiger charge is -2.20. The number of esters is 1. The van der Waals surface area contributed by atoms with Crippen molar-refractivity contribution in [2.24, 2.45) is 0 Å². The van der Waals surface area contributed by atoms with Crippen LogP contribution in [0.4, 0.5) is 0 Å². The van der Waals surface area contributed by atoms with Crippen LogP contribution in [0.25, 0.3) is 0 Å². The lowest BCUT2D eigenvalue weighted by molar-refractivity contribution is -0.154. The molecular formula is C50H89O9P. The predicted octanol–water partition coefficient (Wildman–Crippen LogP) is 13.7. The van der Waals surface area contributed by atoms with Gasteiger partial charge in [-0.1, -0.05) is 177 Å². The molecular weight excluding hydrogens is 776 g/mol. The molecule has 0 aromatic rings. The molecule has 60 heavy (non-hydrogen) atoms. The van der Waals surface area contributed by atoms with E-state index >= 15 is 0 Å². The fourth-order valence-corrected chi connectivity index (χ4v) is 7.05. The Balaban J connectivity index is 4.15. The zero-order valence-corrected chi connectivity index (χ0v) is 39.1. The number of aliphatic hydroxyl groups is 2. The molecule has 0 saturated carbocycles. The lowest BCUT2D eigenvalue weighted by atomic mass is 10.1. The van der Waals surface area contributed by atoms with E-state index in [4.69, 9.17) is 23.6 Å². The van der Waals surface area contributed by atoms with Crippen LogP contribution in [0.15, 0.2) is 72.9 Å². The number of unbranched alkanes of at least 4 members (excludes halogenated alkanes) is 19. The van der Waals surface area contributed by atoms with Crippen LogP contribution in [-0.4, -0.2) is 66.3 Å². The molecule has 0 aliphatic carbocycles. The van der Waals surface area contributed by atoms with Crippen LogP contribution in [0, 0.1) is 0 Å². The minimum Gasteiger partial charge on any atom is -0.457 e. The highest BCUT2D eigenvalue weighted by atomic mass is 31.2. The summed E-state index contributed by atoms with van der Waals surface area (Å²) in [6, 6.07) is 0. The van der Waals surface area contributed by atoms with Crippen molar-refractivity contribution in [2.45, 2.75) is 206 Å². The summed E-state index contributed by atoms with van der Waals surface area (Å²) in [5.74, 6) is -0.395. The average molecular weight is 865 g/mol. The van der Waals surface area contributed by atoms with E-state index in [0.717, 1.165) is 83.5 Å². The molecule has 0 aliphatic rings. The van der Waals surface area contributed by atoms with E-state index in [0.29, 0.717) is 13.0 Å². The molecule has 0 aromatic heterocycles. The van der Waals surface area contributed by atoms with Crippen molar-refractivity contribution in [1.29, 1.82) is 0 Å². The predicted molar refractivity (Wildman–Crippen MR) is 251 cm³/mol. The standard InChI is InChI=1S/C50H89O9P/c1-3-5-7-9-11-13-15-17-19-21-23-24-25-26-28-30-32-34-36-38-40-42-50(53)59-49(47-58-60(54,55)57-45-48(52)44-51)46-56-43-41-39-37-35-33-31-29-27-22-20-18-16-14-12-10-8-6-4-2/h5,7,11-14,17-20,23-24,48-49,51-52H,3-4,6,8-10,15-16,21-22,25-47H2,1-2H3,(H,54,55)/b7-5-,13-11-,14-12-,19-17-,20-18-,24-23-. The molecule has 0 amide bonds. The maximum atomic E-state index is 12.7. The lowest BCUT2D eigenvalue weighted by Crippen LogP contribution is -2.29. The third-order valence-corrected chi connectivity index (χ3v) is 10.8. The molecule has 10 heteroatoms. The molecule has 0 aliphatic heterocycles. The summed E-state index contributed by atoms with van der Waals surface area (Å²) in [4.78, 5) is 22.7. The van der Waals surface area contributed by atoms with Gasteiger partial charge < -0.3 is 24.6 Å². The van der Waals surface area contributed by atoms with Crippen molar-refractivity contribution >= 4 is 13.8 Å². The highest BCUT2D eigenvalue weighted by molar-refractivity contribution is 7.47. The number of phosphoric acid groups is 1. The van der Waals surface area contributed by atoms with Gasteiger partial charge in [-0.2, -0.15) is 0 Å². The zero-order chi connectivity index (χ0) is 43.9. The molecule has 0 heterocycles. The van der Waals surface area contributed by atoms with Crippen LogP contribution in [0.2, 0.25) is 0 Å². The van der Waals surface area contributed by atoms with Crippen molar-refractivity contribution in [3.8, 4) is 0 Å². The highest BCUT2D eigenvalue weighted by Crippen LogP contribution is 2.43. The fourth-order valence-electron chi connectivity index (χ4n) is 6.26. The SMILES string of the molecule is CC/C=C\C/C=C\C/C=C\C/C=C\CCCCCCCCCCC(=O)OC(COCCCCCCCCCC/C=C\C/C=C\CCCCC)COP(=O)(O)OCC(O)CO. The van der Waals surface area contributed by atoms with Gasteiger partial charge in [0.25, 0.3) is 0 Å². The summed E-state index contributed by atoms with van der Waals surface area (Å²) in [5.41, 5.74) is 0. The Morgan fingerprint density at radius 1 is 0.533 bits per heavy atom. The maximum Gasteiger partial charge on any atom is 0.472 e. The first kappa shape index (κ1) is 57.9. The van der Waals surface area contributed by atoms with Crippen LogP contribution >= 0.6 is 7.82 Å². The second-order valence-corrected chi connectivity index (χ2v) is 17.2. The quantitative estimate of drug-likeness (QED) is 0.0237. The summed E-state index contributed by atoms with van der Waals surface area (Å²) >= 11 is 0. The van der Waals surface area contributed by atoms with E-state index in [9.17, 15) is 19.4 Å². The molecule has 3 unspecified atom stereocenters. The van der Waals surface area contributed by atoms with Gasteiger partial charge in [-0.3, -0.25) is 13.8 Å². The minimum atomic E-state index is -4.53. The Bertz CT molecular complexity index is 1160. The average Bonchev–Trinajstić information content (AvgIpc) is 3.24. The summed E-state index contributed by atoms with van der Waals surface area (Å²) in [7, 11) is -4.53. The number of hydrogen-bond donors (Lipinski definition) is 3. The van der Waals surface area contributed by atoms with Crippen molar-refractivity contribution < 1.29 is 43.0 Å². The van der Waals surface area contributed by atoms with E-state index in [1.807, 2.05) is 0 Å². The third kappa shape index (κ3) is 45.4. The van der Waals surface area contributed by atoms with Gasteiger partial charge in [-0.15, -0.1) is 0 Å². The van der Waals surface area contributed by atoms with Gasteiger partial charge in [-0.25, -0.2) is 4.57 Å². The summed E-state index contributed by atoms with van der Waals surface area (Å²) in [6.45, 7) is 3.36. The summed E-state index contributed by atoms with van der Waals surface area (Å²) < 4.78 is 33.5. The molecule has 9 nitrogen and oxygen atoms in total. The van der Waals surface area contributed by atoms with Crippen LogP contribution in [0.3, 0.4) is 0 Å². The monoisotopic (exact) mass is 865 g/mol. The van der Waals surface area contributed by atoms with Gasteiger partial charge in [0.1, 0.15) is 12.2 Å². The van der Waals surface area contributed by atoms with Crippen LogP contribution in [-0.2, 0) is 27.9 Å². The van der Waals surface area contributed by atoms with Gasteiger partial charge in [-0.05, 0) is 83.5 Å². The minimum absolute atomic E-state index is 0.0387. The topological polar surface area (TPSA) is 132 Å². The number of phosphoric ester groups is 1. The number of hydrogen-bond acceptors (Lipinski definition) is 8. The highest BCUT2D eigenvalue weighted by Gasteiger charge is 2.26. The fraction of sp³-hybridized carbons (Fsp3) is 0.740. The number of aliphatic hydroxyl groups excluding tert-OH is 2. The Labute approximate surface area is 367 Å². The Kier molecular flexibility index (Phi) is 44.8. The van der Waals surface area contributed by atoms with Gasteiger partial charge >= 0.3 is 13.8 Å². The van der Waals surface area contributed by atoms with E-state index < -0.39 is 39.2 Å².